The Bertz CT molecular complexity index is 3180. The Kier molecular flexibility index (Phi) is 5.11. The average Bonchev–Trinajstić information content (AvgIpc) is 3.73. The largest absolute Gasteiger partial charge is 0.455 e. The zero-order valence-corrected chi connectivity index (χ0v) is 25.8. The molecule has 11 rings (SSSR count). The summed E-state index contributed by atoms with van der Waals surface area (Å²) in [4.78, 5) is 5.42. The van der Waals surface area contributed by atoms with Crippen molar-refractivity contribution in [2.45, 2.75) is 0 Å². The van der Waals surface area contributed by atoms with Crippen LogP contribution in [0.4, 0.5) is 0 Å². The van der Waals surface area contributed by atoms with E-state index in [1.54, 1.807) is 0 Å². The molecule has 0 spiro atoms. The third kappa shape index (κ3) is 3.45. The Balaban J connectivity index is 1.35. The number of benzene rings is 8. The number of aromatic nitrogens is 2. The van der Waals surface area contributed by atoms with E-state index in [0.29, 0.717) is 0 Å². The van der Waals surface area contributed by atoms with E-state index in [4.69, 9.17) is 9.40 Å². The summed E-state index contributed by atoms with van der Waals surface area (Å²) in [6.07, 6.45) is 0. The fourth-order valence-electron chi connectivity index (χ4n) is 8.04. The predicted molar refractivity (Wildman–Crippen MR) is 202 cm³/mol. The monoisotopic (exact) mass is 610 g/mol. The summed E-state index contributed by atoms with van der Waals surface area (Å²) in [5, 5.41) is 14.2. The van der Waals surface area contributed by atoms with E-state index in [1.165, 1.54) is 43.1 Å². The molecular formula is C45H26N2O. The fourth-order valence-corrected chi connectivity index (χ4v) is 8.04. The smallest absolute Gasteiger partial charge is 0.149 e. The van der Waals surface area contributed by atoms with Gasteiger partial charge in [0.2, 0.25) is 0 Å². The maximum atomic E-state index is 6.83. The molecule has 0 saturated carbocycles. The van der Waals surface area contributed by atoms with Gasteiger partial charge >= 0.3 is 0 Å². The Morgan fingerprint density at radius 2 is 1.02 bits per heavy atom. The van der Waals surface area contributed by atoms with E-state index in [9.17, 15) is 0 Å². The van der Waals surface area contributed by atoms with Crippen molar-refractivity contribution in [3.8, 4) is 11.4 Å². The lowest BCUT2D eigenvalue weighted by atomic mass is 9.99. The molecule has 3 nitrogen and oxygen atoms in total. The summed E-state index contributed by atoms with van der Waals surface area (Å²) in [7, 11) is 0. The number of fused-ring (bicyclic) bond motifs is 13. The fraction of sp³-hybridized carbons (Fsp3) is 0. The molecule has 3 heteroatoms. The van der Waals surface area contributed by atoms with Crippen molar-refractivity contribution in [2.75, 3.05) is 0 Å². The van der Waals surface area contributed by atoms with Gasteiger partial charge in [-0.3, -0.25) is 4.40 Å². The van der Waals surface area contributed by atoms with Crippen molar-refractivity contribution in [1.29, 1.82) is 0 Å². The summed E-state index contributed by atoms with van der Waals surface area (Å²) < 4.78 is 9.20. The van der Waals surface area contributed by atoms with Crippen LogP contribution in [0.5, 0.6) is 0 Å². The maximum Gasteiger partial charge on any atom is 0.149 e. The lowest BCUT2D eigenvalue weighted by molar-refractivity contribution is 0.670. The van der Waals surface area contributed by atoms with E-state index in [0.717, 1.165) is 60.6 Å². The number of furan rings is 1. The highest BCUT2D eigenvalue weighted by Crippen LogP contribution is 2.41. The lowest BCUT2D eigenvalue weighted by Crippen LogP contribution is -1.91. The van der Waals surface area contributed by atoms with Gasteiger partial charge < -0.3 is 4.42 Å². The van der Waals surface area contributed by atoms with Crippen LogP contribution in [-0.2, 0) is 0 Å². The van der Waals surface area contributed by atoms with E-state index < -0.39 is 0 Å². The molecule has 48 heavy (non-hydrogen) atoms. The van der Waals surface area contributed by atoms with E-state index in [1.807, 2.05) is 0 Å². The molecule has 0 unspecified atom stereocenters. The average molecular weight is 611 g/mol. The summed E-state index contributed by atoms with van der Waals surface area (Å²) in [6, 6.07) is 56.6. The van der Waals surface area contributed by atoms with Crippen molar-refractivity contribution < 1.29 is 4.42 Å². The molecule has 0 amide bonds. The van der Waals surface area contributed by atoms with Crippen LogP contribution in [0.1, 0.15) is 0 Å². The summed E-state index contributed by atoms with van der Waals surface area (Å²) in [6.45, 7) is 0. The van der Waals surface area contributed by atoms with Crippen molar-refractivity contribution in [1.82, 2.24) is 9.38 Å². The van der Waals surface area contributed by atoms with Crippen LogP contribution in [0, 0.1) is 0 Å². The van der Waals surface area contributed by atoms with Gasteiger partial charge in [0.1, 0.15) is 17.0 Å². The van der Waals surface area contributed by atoms with Gasteiger partial charge in [-0.2, -0.15) is 0 Å². The van der Waals surface area contributed by atoms with Gasteiger partial charge in [-0.15, -0.1) is 0 Å². The SMILES string of the molecule is c1ccc2c(c1)ccc1cc3oc4c(-c5nc6cccc7c8ccccc8c8ccccc8c8ccccc8n5c67)cccc4c3cc12. The second-order valence-electron chi connectivity index (χ2n) is 12.7. The van der Waals surface area contributed by atoms with Crippen molar-refractivity contribution >= 4 is 92.4 Å². The van der Waals surface area contributed by atoms with Crippen LogP contribution in [0.15, 0.2) is 162 Å². The number of hydrogen-bond acceptors (Lipinski definition) is 2. The van der Waals surface area contributed by atoms with E-state index >= 15 is 0 Å². The van der Waals surface area contributed by atoms with Crippen LogP contribution in [0.3, 0.4) is 0 Å². The number of nitrogens with zero attached hydrogens (tertiary/aromatic N) is 2. The van der Waals surface area contributed by atoms with Crippen LogP contribution in [0.25, 0.3) is 104 Å². The Morgan fingerprint density at radius 1 is 0.417 bits per heavy atom. The zero-order valence-electron chi connectivity index (χ0n) is 25.8. The molecule has 222 valence electrons. The van der Waals surface area contributed by atoms with Crippen molar-refractivity contribution in [3.63, 3.8) is 0 Å². The van der Waals surface area contributed by atoms with Crippen LogP contribution >= 0.6 is 0 Å². The molecule has 3 aromatic heterocycles. The highest BCUT2D eigenvalue weighted by Gasteiger charge is 2.20. The minimum absolute atomic E-state index is 0.846. The first kappa shape index (κ1) is 25.7. The molecule has 0 N–H and O–H groups in total. The Labute approximate surface area is 274 Å². The Morgan fingerprint density at radius 3 is 1.83 bits per heavy atom. The van der Waals surface area contributed by atoms with Gasteiger partial charge in [0.25, 0.3) is 0 Å². The van der Waals surface area contributed by atoms with Crippen LogP contribution in [0.2, 0.25) is 0 Å². The molecular weight excluding hydrogens is 585 g/mol. The number of imidazole rings is 1. The first-order valence-electron chi connectivity index (χ1n) is 16.4. The van der Waals surface area contributed by atoms with Gasteiger partial charge in [0.05, 0.1) is 22.1 Å². The molecule has 0 saturated heterocycles. The highest BCUT2D eigenvalue weighted by molar-refractivity contribution is 6.22. The summed E-state index contributed by atoms with van der Waals surface area (Å²) in [5.74, 6) is 0.862. The standard InChI is InChI=1S/C45H26N2O/c1-2-12-29-27(11-1)23-24-28-25-42-39(26-38(28)29)36-19-9-20-37(44(36)48-42)45-46-40-21-10-18-35-33-16-6-4-14-31(33)30-13-3-5-15-32(30)34-17-7-8-22-41(34)47(45)43(35)40/h1-26H. The summed E-state index contributed by atoms with van der Waals surface area (Å²) >= 11 is 0. The van der Waals surface area contributed by atoms with Crippen molar-refractivity contribution in [3.05, 3.63) is 158 Å². The Hall–Kier alpha value is -6.45. The number of para-hydroxylation sites is 3. The topological polar surface area (TPSA) is 30.4 Å². The van der Waals surface area contributed by atoms with Gasteiger partial charge in [-0.25, -0.2) is 4.98 Å². The molecule has 3 heterocycles. The zero-order chi connectivity index (χ0) is 31.3. The number of rotatable bonds is 1. The molecule has 0 aliphatic rings. The van der Waals surface area contributed by atoms with E-state index in [-0.39, 0.29) is 0 Å². The highest BCUT2D eigenvalue weighted by atomic mass is 16.3. The molecule has 0 atom stereocenters. The first-order chi connectivity index (χ1) is 23.8. The van der Waals surface area contributed by atoms with Gasteiger partial charge in [-0.05, 0) is 73.4 Å². The third-order valence-corrected chi connectivity index (χ3v) is 10.1. The second kappa shape index (κ2) is 9.54. The maximum absolute atomic E-state index is 6.83. The molecule has 0 radical (unpaired) electrons. The third-order valence-electron chi connectivity index (χ3n) is 10.1. The quantitative estimate of drug-likeness (QED) is 0.173. The van der Waals surface area contributed by atoms with Crippen LogP contribution < -0.4 is 0 Å². The van der Waals surface area contributed by atoms with Crippen LogP contribution in [-0.4, -0.2) is 9.38 Å². The molecule has 8 aromatic carbocycles. The van der Waals surface area contributed by atoms with Gasteiger partial charge in [-0.1, -0.05) is 127 Å². The minimum atomic E-state index is 0.846. The lowest BCUT2D eigenvalue weighted by Gasteiger charge is -2.06. The van der Waals surface area contributed by atoms with Crippen molar-refractivity contribution in [2.24, 2.45) is 0 Å². The molecule has 0 aliphatic heterocycles. The molecule has 0 fully saturated rings. The summed E-state index contributed by atoms with van der Waals surface area (Å²) in [5.41, 5.74) is 5.82. The van der Waals surface area contributed by atoms with E-state index in [2.05, 4.69) is 162 Å². The second-order valence-corrected chi connectivity index (χ2v) is 12.7. The van der Waals surface area contributed by atoms with Gasteiger partial charge in [0, 0.05) is 21.5 Å². The molecule has 11 aromatic rings. The molecule has 0 bridgehead atoms. The normalized spacial score (nSPS) is 12.2. The van der Waals surface area contributed by atoms with Gasteiger partial charge in [0.15, 0.2) is 0 Å². The predicted octanol–water partition coefficient (Wildman–Crippen LogP) is 12.4. The number of hydrogen-bond donors (Lipinski definition) is 0. The first-order valence-corrected chi connectivity index (χ1v) is 16.4. The minimum Gasteiger partial charge on any atom is -0.455 e. The molecule has 0 aliphatic carbocycles.